The highest BCUT2D eigenvalue weighted by molar-refractivity contribution is 5.88. The second kappa shape index (κ2) is 2.55. The van der Waals surface area contributed by atoms with E-state index < -0.39 is 0 Å². The Labute approximate surface area is 71.4 Å². The SMILES string of the molecule is CCc1c(N)[nH]c2ccccc12. The van der Waals surface area contributed by atoms with Gasteiger partial charge in [0.15, 0.2) is 0 Å². The average molecular weight is 160 g/mol. The number of rotatable bonds is 1. The molecular weight excluding hydrogens is 148 g/mol. The van der Waals surface area contributed by atoms with Gasteiger partial charge in [0, 0.05) is 16.5 Å². The van der Waals surface area contributed by atoms with Crippen LogP contribution in [0.4, 0.5) is 5.82 Å². The smallest absolute Gasteiger partial charge is 0.104 e. The van der Waals surface area contributed by atoms with Crippen LogP contribution in [0.2, 0.25) is 0 Å². The predicted molar refractivity (Wildman–Crippen MR) is 52.1 cm³/mol. The van der Waals surface area contributed by atoms with E-state index >= 15 is 0 Å². The zero-order valence-electron chi connectivity index (χ0n) is 7.09. The van der Waals surface area contributed by atoms with Crippen molar-refractivity contribution in [2.24, 2.45) is 0 Å². The largest absolute Gasteiger partial charge is 0.385 e. The van der Waals surface area contributed by atoms with Gasteiger partial charge in [-0.3, -0.25) is 0 Å². The van der Waals surface area contributed by atoms with E-state index in [1.54, 1.807) is 0 Å². The van der Waals surface area contributed by atoms with Crippen LogP contribution >= 0.6 is 0 Å². The molecule has 0 amide bonds. The average Bonchev–Trinajstić information content (AvgIpc) is 2.40. The second-order valence-electron chi connectivity index (χ2n) is 2.92. The quantitative estimate of drug-likeness (QED) is 0.660. The first-order valence-corrected chi connectivity index (χ1v) is 4.18. The zero-order valence-corrected chi connectivity index (χ0v) is 7.09. The van der Waals surface area contributed by atoms with E-state index in [0.29, 0.717) is 0 Å². The molecule has 2 nitrogen and oxygen atoms in total. The fourth-order valence-corrected chi connectivity index (χ4v) is 1.60. The third kappa shape index (κ3) is 0.881. The maximum absolute atomic E-state index is 5.81. The third-order valence-corrected chi connectivity index (χ3v) is 2.20. The molecule has 0 aliphatic rings. The van der Waals surface area contributed by atoms with Gasteiger partial charge in [-0.2, -0.15) is 0 Å². The van der Waals surface area contributed by atoms with Gasteiger partial charge < -0.3 is 10.7 Å². The highest BCUT2D eigenvalue weighted by Gasteiger charge is 2.04. The van der Waals surface area contributed by atoms with E-state index in [4.69, 9.17) is 5.73 Å². The van der Waals surface area contributed by atoms with Crippen molar-refractivity contribution in [3.63, 3.8) is 0 Å². The number of nitrogens with one attached hydrogen (secondary N) is 1. The fourth-order valence-electron chi connectivity index (χ4n) is 1.60. The Balaban J connectivity index is 2.81. The lowest BCUT2D eigenvalue weighted by atomic mass is 10.1. The Morgan fingerprint density at radius 3 is 2.83 bits per heavy atom. The molecule has 0 radical (unpaired) electrons. The summed E-state index contributed by atoms with van der Waals surface area (Å²) in [5.41, 5.74) is 8.17. The number of fused-ring (bicyclic) bond motifs is 1. The van der Waals surface area contributed by atoms with Crippen molar-refractivity contribution in [3.8, 4) is 0 Å². The molecule has 1 aromatic heterocycles. The van der Waals surface area contributed by atoms with Gasteiger partial charge in [0.25, 0.3) is 0 Å². The van der Waals surface area contributed by atoms with Gasteiger partial charge in [0.1, 0.15) is 5.82 Å². The van der Waals surface area contributed by atoms with Crippen molar-refractivity contribution < 1.29 is 0 Å². The minimum absolute atomic E-state index is 0.804. The standard InChI is InChI=1S/C10H12N2/c1-2-7-8-5-3-4-6-9(8)12-10(7)11/h3-6,12H,2,11H2,1H3. The Kier molecular flexibility index (Phi) is 1.54. The molecule has 62 valence electrons. The molecule has 2 heteroatoms. The predicted octanol–water partition coefficient (Wildman–Crippen LogP) is 2.31. The van der Waals surface area contributed by atoms with Crippen LogP contribution in [-0.4, -0.2) is 4.98 Å². The summed E-state index contributed by atoms with van der Waals surface area (Å²) < 4.78 is 0. The summed E-state index contributed by atoms with van der Waals surface area (Å²) in [7, 11) is 0. The van der Waals surface area contributed by atoms with Gasteiger partial charge in [-0.1, -0.05) is 25.1 Å². The van der Waals surface area contributed by atoms with E-state index in [1.165, 1.54) is 10.9 Å². The summed E-state index contributed by atoms with van der Waals surface area (Å²) in [4.78, 5) is 3.16. The number of aryl methyl sites for hydroxylation is 1. The molecule has 1 aromatic carbocycles. The van der Waals surface area contributed by atoms with E-state index in [1.807, 2.05) is 18.2 Å². The van der Waals surface area contributed by atoms with Crippen molar-refractivity contribution >= 4 is 16.7 Å². The minimum atomic E-state index is 0.804. The van der Waals surface area contributed by atoms with Crippen molar-refractivity contribution in [2.75, 3.05) is 5.73 Å². The van der Waals surface area contributed by atoms with E-state index in [2.05, 4.69) is 18.0 Å². The molecule has 0 aliphatic heterocycles. The van der Waals surface area contributed by atoms with Crippen LogP contribution in [0.25, 0.3) is 10.9 Å². The monoisotopic (exact) mass is 160 g/mol. The molecule has 0 saturated carbocycles. The van der Waals surface area contributed by atoms with Gasteiger partial charge in [0.05, 0.1) is 0 Å². The topological polar surface area (TPSA) is 41.8 Å². The number of hydrogen-bond donors (Lipinski definition) is 2. The summed E-state index contributed by atoms with van der Waals surface area (Å²) in [5, 5.41) is 1.25. The zero-order chi connectivity index (χ0) is 8.55. The van der Waals surface area contributed by atoms with Crippen LogP contribution in [0.5, 0.6) is 0 Å². The number of benzene rings is 1. The molecule has 0 atom stereocenters. The molecule has 0 unspecified atom stereocenters. The van der Waals surface area contributed by atoms with Gasteiger partial charge in [0.2, 0.25) is 0 Å². The highest BCUT2D eigenvalue weighted by Crippen LogP contribution is 2.23. The third-order valence-electron chi connectivity index (χ3n) is 2.20. The van der Waals surface area contributed by atoms with Crippen molar-refractivity contribution in [2.45, 2.75) is 13.3 Å². The maximum Gasteiger partial charge on any atom is 0.104 e. The molecule has 0 spiro atoms. The Hall–Kier alpha value is -1.44. The molecular formula is C10H12N2. The van der Waals surface area contributed by atoms with Crippen LogP contribution in [-0.2, 0) is 6.42 Å². The Morgan fingerprint density at radius 2 is 2.08 bits per heavy atom. The van der Waals surface area contributed by atoms with Crippen LogP contribution in [0.1, 0.15) is 12.5 Å². The molecule has 2 aromatic rings. The van der Waals surface area contributed by atoms with Crippen molar-refractivity contribution in [1.29, 1.82) is 0 Å². The molecule has 12 heavy (non-hydrogen) atoms. The summed E-state index contributed by atoms with van der Waals surface area (Å²) in [5.74, 6) is 0.804. The highest BCUT2D eigenvalue weighted by atomic mass is 14.8. The number of para-hydroxylation sites is 1. The van der Waals surface area contributed by atoms with Gasteiger partial charge in [-0.15, -0.1) is 0 Å². The summed E-state index contributed by atoms with van der Waals surface area (Å²) in [6.07, 6.45) is 0.982. The number of nitrogen functional groups attached to an aromatic ring is 1. The Bertz CT molecular complexity index is 401. The molecule has 0 bridgehead atoms. The number of hydrogen-bond acceptors (Lipinski definition) is 1. The molecule has 2 rings (SSSR count). The number of H-pyrrole nitrogens is 1. The molecule has 0 saturated heterocycles. The molecule has 3 N–H and O–H groups in total. The number of aromatic amines is 1. The Morgan fingerprint density at radius 1 is 1.33 bits per heavy atom. The molecule has 0 aliphatic carbocycles. The molecule has 1 heterocycles. The first-order chi connectivity index (χ1) is 5.83. The van der Waals surface area contributed by atoms with Gasteiger partial charge in [-0.25, -0.2) is 0 Å². The van der Waals surface area contributed by atoms with Crippen LogP contribution in [0.3, 0.4) is 0 Å². The van der Waals surface area contributed by atoms with E-state index in [0.717, 1.165) is 17.8 Å². The van der Waals surface area contributed by atoms with Gasteiger partial charge >= 0.3 is 0 Å². The second-order valence-corrected chi connectivity index (χ2v) is 2.92. The van der Waals surface area contributed by atoms with E-state index in [-0.39, 0.29) is 0 Å². The van der Waals surface area contributed by atoms with Crippen LogP contribution in [0, 0.1) is 0 Å². The fraction of sp³-hybridized carbons (Fsp3) is 0.200. The van der Waals surface area contributed by atoms with Crippen LogP contribution < -0.4 is 5.73 Å². The van der Waals surface area contributed by atoms with Crippen molar-refractivity contribution in [1.82, 2.24) is 4.98 Å². The first-order valence-electron chi connectivity index (χ1n) is 4.18. The number of aromatic nitrogens is 1. The molecule has 0 fully saturated rings. The number of anilines is 1. The van der Waals surface area contributed by atoms with E-state index in [9.17, 15) is 0 Å². The van der Waals surface area contributed by atoms with Crippen molar-refractivity contribution in [3.05, 3.63) is 29.8 Å². The lowest BCUT2D eigenvalue weighted by Crippen LogP contribution is -1.88. The van der Waals surface area contributed by atoms with Gasteiger partial charge in [-0.05, 0) is 12.5 Å². The number of nitrogens with two attached hydrogens (primary N) is 1. The minimum Gasteiger partial charge on any atom is -0.385 e. The summed E-state index contributed by atoms with van der Waals surface area (Å²) >= 11 is 0. The summed E-state index contributed by atoms with van der Waals surface area (Å²) in [6.45, 7) is 2.12. The lowest BCUT2D eigenvalue weighted by molar-refractivity contribution is 1.16. The summed E-state index contributed by atoms with van der Waals surface area (Å²) in [6, 6.07) is 8.19. The first kappa shape index (κ1) is 7.22. The van der Waals surface area contributed by atoms with Crippen LogP contribution in [0.15, 0.2) is 24.3 Å². The maximum atomic E-state index is 5.81. The lowest BCUT2D eigenvalue weighted by Gasteiger charge is -1.93. The normalized spacial score (nSPS) is 10.8.